The Kier molecular flexibility index (Phi) is 6.60. The Bertz CT molecular complexity index is 1280. The summed E-state index contributed by atoms with van der Waals surface area (Å²) in [5.74, 6) is -0.770. The fourth-order valence-corrected chi connectivity index (χ4v) is 3.68. The lowest BCUT2D eigenvalue weighted by Gasteiger charge is -2.13. The van der Waals surface area contributed by atoms with Crippen LogP contribution < -0.4 is 10.6 Å². The Hall–Kier alpha value is -4.25. The smallest absolute Gasteiger partial charge is 0.271 e. The predicted octanol–water partition coefficient (Wildman–Crippen LogP) is 4.79. The lowest BCUT2D eigenvalue weighted by atomic mass is 10.2. The number of hydrogen-bond acceptors (Lipinski definition) is 7. The second-order valence-corrected chi connectivity index (χ2v) is 7.72. The third kappa shape index (κ3) is 5.52. The zero-order valence-electron chi connectivity index (χ0n) is 17.0. The standard InChI is InChI=1S/C22H17FN6O3S/c23-15-6-8-16(9-7-15)25-19-11-10-18(29(31)32)12-20(19)26-21(30)13-33-22-27-24-14-28(22)17-4-2-1-3-5-17/h1-12,14,25H,13H2,(H,26,30). The molecule has 1 heterocycles. The number of thioether (sulfide) groups is 1. The average Bonchev–Trinajstić information content (AvgIpc) is 3.29. The van der Waals surface area contributed by atoms with Gasteiger partial charge in [-0.3, -0.25) is 19.5 Å². The van der Waals surface area contributed by atoms with Crippen molar-refractivity contribution in [3.8, 4) is 5.69 Å². The summed E-state index contributed by atoms with van der Waals surface area (Å²) in [6.45, 7) is 0. The molecule has 4 aromatic rings. The number of nitro benzene ring substituents is 1. The fraction of sp³-hybridized carbons (Fsp3) is 0.0455. The zero-order valence-corrected chi connectivity index (χ0v) is 17.8. The van der Waals surface area contributed by atoms with Crippen LogP contribution in [0.4, 0.5) is 27.1 Å². The molecule has 0 radical (unpaired) electrons. The number of nitrogens with zero attached hydrogens (tertiary/aromatic N) is 4. The highest BCUT2D eigenvalue weighted by atomic mass is 32.2. The van der Waals surface area contributed by atoms with Crippen molar-refractivity contribution in [2.45, 2.75) is 5.16 Å². The van der Waals surface area contributed by atoms with E-state index in [1.807, 2.05) is 30.3 Å². The molecular formula is C22H17FN6O3S. The fourth-order valence-electron chi connectivity index (χ4n) is 2.95. The van der Waals surface area contributed by atoms with Gasteiger partial charge in [0.25, 0.3) is 5.69 Å². The molecule has 2 N–H and O–H groups in total. The van der Waals surface area contributed by atoms with E-state index in [1.54, 1.807) is 10.9 Å². The summed E-state index contributed by atoms with van der Waals surface area (Å²) < 4.78 is 14.9. The number of benzene rings is 3. The lowest BCUT2D eigenvalue weighted by molar-refractivity contribution is -0.384. The van der Waals surface area contributed by atoms with Gasteiger partial charge >= 0.3 is 0 Å². The van der Waals surface area contributed by atoms with Gasteiger partial charge < -0.3 is 10.6 Å². The highest BCUT2D eigenvalue weighted by molar-refractivity contribution is 7.99. The minimum Gasteiger partial charge on any atom is -0.354 e. The number of amides is 1. The van der Waals surface area contributed by atoms with Crippen molar-refractivity contribution in [3.63, 3.8) is 0 Å². The highest BCUT2D eigenvalue weighted by Crippen LogP contribution is 2.30. The number of hydrogen-bond donors (Lipinski definition) is 2. The Morgan fingerprint density at radius 1 is 1.06 bits per heavy atom. The zero-order chi connectivity index (χ0) is 23.2. The number of halogens is 1. The first-order valence-electron chi connectivity index (χ1n) is 9.69. The molecule has 0 aliphatic rings. The van der Waals surface area contributed by atoms with Crippen molar-refractivity contribution in [2.24, 2.45) is 0 Å². The van der Waals surface area contributed by atoms with Crippen LogP contribution in [-0.4, -0.2) is 31.3 Å². The van der Waals surface area contributed by atoms with Gasteiger partial charge in [0, 0.05) is 23.5 Å². The molecule has 1 aromatic heterocycles. The molecular weight excluding hydrogens is 447 g/mol. The summed E-state index contributed by atoms with van der Waals surface area (Å²) in [7, 11) is 0. The quantitative estimate of drug-likeness (QED) is 0.219. The highest BCUT2D eigenvalue weighted by Gasteiger charge is 2.15. The molecule has 11 heteroatoms. The van der Waals surface area contributed by atoms with Gasteiger partial charge in [-0.05, 0) is 42.5 Å². The molecule has 166 valence electrons. The molecule has 0 spiro atoms. The number of nitrogens with one attached hydrogen (secondary N) is 2. The Morgan fingerprint density at radius 2 is 1.82 bits per heavy atom. The molecule has 9 nitrogen and oxygen atoms in total. The maximum absolute atomic E-state index is 13.2. The van der Waals surface area contributed by atoms with E-state index in [2.05, 4.69) is 20.8 Å². The molecule has 0 unspecified atom stereocenters. The van der Waals surface area contributed by atoms with E-state index in [1.165, 1.54) is 54.2 Å². The molecule has 3 aromatic carbocycles. The van der Waals surface area contributed by atoms with Gasteiger partial charge in [0.05, 0.1) is 22.1 Å². The summed E-state index contributed by atoms with van der Waals surface area (Å²) in [6, 6.07) is 19.1. The maximum Gasteiger partial charge on any atom is 0.271 e. The number of non-ortho nitro benzene ring substituents is 1. The van der Waals surface area contributed by atoms with E-state index < -0.39 is 10.7 Å². The first-order valence-corrected chi connectivity index (χ1v) is 10.7. The molecule has 1 amide bonds. The van der Waals surface area contributed by atoms with E-state index in [4.69, 9.17) is 0 Å². The van der Waals surface area contributed by atoms with E-state index >= 15 is 0 Å². The molecule has 0 saturated heterocycles. The van der Waals surface area contributed by atoms with Crippen LogP contribution in [0.2, 0.25) is 0 Å². The van der Waals surface area contributed by atoms with Crippen molar-refractivity contribution in [3.05, 3.63) is 95.1 Å². The molecule has 0 aliphatic carbocycles. The van der Waals surface area contributed by atoms with Gasteiger partial charge in [0.1, 0.15) is 12.1 Å². The van der Waals surface area contributed by atoms with Gasteiger partial charge in [-0.15, -0.1) is 10.2 Å². The van der Waals surface area contributed by atoms with Crippen LogP contribution in [0.15, 0.2) is 84.3 Å². The van der Waals surface area contributed by atoms with Crippen LogP contribution >= 0.6 is 11.8 Å². The van der Waals surface area contributed by atoms with Crippen molar-refractivity contribution < 1.29 is 14.1 Å². The minimum atomic E-state index is -0.547. The SMILES string of the molecule is O=C(CSc1nncn1-c1ccccc1)Nc1cc([N+](=O)[O-])ccc1Nc1ccc(F)cc1. The predicted molar refractivity (Wildman–Crippen MR) is 123 cm³/mol. The number of carbonyl (C=O) groups is 1. The summed E-state index contributed by atoms with van der Waals surface area (Å²) >= 11 is 1.18. The van der Waals surface area contributed by atoms with Gasteiger partial charge in [0.15, 0.2) is 5.16 Å². The molecule has 0 atom stereocenters. The second-order valence-electron chi connectivity index (χ2n) is 6.77. The number of rotatable bonds is 8. The average molecular weight is 464 g/mol. The van der Waals surface area contributed by atoms with E-state index in [9.17, 15) is 19.3 Å². The Labute approximate surface area is 191 Å². The Morgan fingerprint density at radius 3 is 2.55 bits per heavy atom. The monoisotopic (exact) mass is 464 g/mol. The van der Waals surface area contributed by atoms with Crippen LogP contribution in [0.5, 0.6) is 0 Å². The van der Waals surface area contributed by atoms with Crippen LogP contribution in [0.25, 0.3) is 5.69 Å². The van der Waals surface area contributed by atoms with Crippen molar-refractivity contribution in [1.82, 2.24) is 14.8 Å². The van der Waals surface area contributed by atoms with Gasteiger partial charge in [-0.25, -0.2) is 4.39 Å². The molecule has 4 rings (SSSR count). The van der Waals surface area contributed by atoms with Gasteiger partial charge in [0.2, 0.25) is 5.91 Å². The van der Waals surface area contributed by atoms with Crippen LogP contribution in [-0.2, 0) is 4.79 Å². The molecule has 33 heavy (non-hydrogen) atoms. The van der Waals surface area contributed by atoms with Gasteiger partial charge in [-0.1, -0.05) is 30.0 Å². The van der Waals surface area contributed by atoms with Gasteiger partial charge in [-0.2, -0.15) is 0 Å². The number of para-hydroxylation sites is 1. The first kappa shape index (κ1) is 22.0. The van der Waals surface area contributed by atoms with Crippen molar-refractivity contribution in [2.75, 3.05) is 16.4 Å². The summed E-state index contributed by atoms with van der Waals surface area (Å²) in [6.07, 6.45) is 1.56. The minimum absolute atomic E-state index is 0.00417. The molecule has 0 aliphatic heterocycles. The van der Waals surface area contributed by atoms with E-state index in [0.29, 0.717) is 16.5 Å². The number of nitro groups is 1. The summed E-state index contributed by atoms with van der Waals surface area (Å²) in [5, 5.41) is 25.4. The van der Waals surface area contributed by atoms with E-state index in [-0.39, 0.29) is 23.0 Å². The van der Waals surface area contributed by atoms with Crippen LogP contribution in [0.1, 0.15) is 0 Å². The van der Waals surface area contributed by atoms with Crippen molar-refractivity contribution >= 4 is 40.4 Å². The third-order valence-electron chi connectivity index (χ3n) is 4.49. The molecule has 0 bridgehead atoms. The topological polar surface area (TPSA) is 115 Å². The summed E-state index contributed by atoms with van der Waals surface area (Å²) in [5.41, 5.74) is 1.90. The number of aromatic nitrogens is 3. The second kappa shape index (κ2) is 9.92. The number of anilines is 3. The van der Waals surface area contributed by atoms with Crippen LogP contribution in [0.3, 0.4) is 0 Å². The third-order valence-corrected chi connectivity index (χ3v) is 5.44. The van der Waals surface area contributed by atoms with E-state index in [0.717, 1.165) is 5.69 Å². The number of carbonyl (C=O) groups excluding carboxylic acids is 1. The Balaban J connectivity index is 1.49. The normalized spacial score (nSPS) is 10.6. The molecule has 0 fully saturated rings. The summed E-state index contributed by atoms with van der Waals surface area (Å²) in [4.78, 5) is 23.3. The molecule has 0 saturated carbocycles. The first-order chi connectivity index (χ1) is 16.0. The maximum atomic E-state index is 13.2. The van der Waals surface area contributed by atoms with Crippen LogP contribution in [0, 0.1) is 15.9 Å². The largest absolute Gasteiger partial charge is 0.354 e. The lowest BCUT2D eigenvalue weighted by Crippen LogP contribution is -2.15. The van der Waals surface area contributed by atoms with Crippen molar-refractivity contribution in [1.29, 1.82) is 0 Å².